The van der Waals surface area contributed by atoms with Crippen LogP contribution >= 0.6 is 11.5 Å². The molecule has 21 heavy (non-hydrogen) atoms. The summed E-state index contributed by atoms with van der Waals surface area (Å²) in [6.07, 6.45) is 0.400. The van der Waals surface area contributed by atoms with Crippen LogP contribution in [0.1, 0.15) is 20.3 Å². The van der Waals surface area contributed by atoms with E-state index >= 15 is 0 Å². The summed E-state index contributed by atoms with van der Waals surface area (Å²) in [5.41, 5.74) is 0.764. The third kappa shape index (κ3) is 3.85. The van der Waals surface area contributed by atoms with Crippen LogP contribution in [0.3, 0.4) is 0 Å². The standard InChI is InChI=1S/C13H15N3O3S2/c1-3-11(19-4-2)16-21(17,18)13-14-12(15-20-13)10-8-6-5-7-9-10/h5-9H,3-4H2,1-2H3/b16-11-. The molecule has 112 valence electrons. The van der Waals surface area contributed by atoms with Crippen molar-refractivity contribution in [1.29, 1.82) is 0 Å². The molecule has 0 spiro atoms. The van der Waals surface area contributed by atoms with Crippen molar-refractivity contribution in [3.63, 3.8) is 0 Å². The lowest BCUT2D eigenvalue weighted by Crippen LogP contribution is -2.07. The smallest absolute Gasteiger partial charge is 0.314 e. The Morgan fingerprint density at radius 1 is 1.29 bits per heavy atom. The summed E-state index contributed by atoms with van der Waals surface area (Å²) in [6, 6.07) is 9.19. The topological polar surface area (TPSA) is 81.5 Å². The number of rotatable bonds is 5. The first-order valence-corrected chi connectivity index (χ1v) is 8.64. The molecule has 1 aromatic carbocycles. The molecule has 0 unspecified atom stereocenters. The van der Waals surface area contributed by atoms with Crippen molar-refractivity contribution in [3.8, 4) is 11.4 Å². The molecule has 0 atom stereocenters. The Bertz CT molecular complexity index is 724. The maximum atomic E-state index is 12.2. The van der Waals surface area contributed by atoms with Gasteiger partial charge < -0.3 is 4.74 Å². The molecular weight excluding hydrogens is 310 g/mol. The van der Waals surface area contributed by atoms with Gasteiger partial charge in [0.15, 0.2) is 11.7 Å². The van der Waals surface area contributed by atoms with E-state index in [1.54, 1.807) is 13.8 Å². The van der Waals surface area contributed by atoms with Gasteiger partial charge >= 0.3 is 10.0 Å². The average Bonchev–Trinajstić information content (AvgIpc) is 2.98. The van der Waals surface area contributed by atoms with Crippen molar-refractivity contribution in [1.82, 2.24) is 9.36 Å². The van der Waals surface area contributed by atoms with Crippen molar-refractivity contribution >= 4 is 27.5 Å². The van der Waals surface area contributed by atoms with Crippen LogP contribution in [-0.4, -0.2) is 30.3 Å². The van der Waals surface area contributed by atoms with Crippen LogP contribution in [0.25, 0.3) is 11.4 Å². The normalized spacial score (nSPS) is 12.4. The Kier molecular flexibility index (Phi) is 5.03. The molecular formula is C13H15N3O3S2. The summed E-state index contributed by atoms with van der Waals surface area (Å²) < 4.78 is 37.1. The predicted molar refractivity (Wildman–Crippen MR) is 81.9 cm³/mol. The third-order valence-corrected chi connectivity index (χ3v) is 4.84. The zero-order chi connectivity index (χ0) is 15.3. The highest BCUT2D eigenvalue weighted by molar-refractivity contribution is 7.92. The molecule has 0 aliphatic heterocycles. The molecule has 2 rings (SSSR count). The first-order chi connectivity index (χ1) is 10.1. The molecule has 0 bridgehead atoms. The largest absolute Gasteiger partial charge is 0.481 e. The van der Waals surface area contributed by atoms with Gasteiger partial charge in [-0.2, -0.15) is 12.8 Å². The van der Waals surface area contributed by atoms with Crippen LogP contribution in [0.15, 0.2) is 39.1 Å². The Hall–Kier alpha value is -1.80. The second kappa shape index (κ2) is 6.77. The monoisotopic (exact) mass is 325 g/mol. The van der Waals surface area contributed by atoms with Gasteiger partial charge in [-0.15, -0.1) is 4.40 Å². The van der Waals surface area contributed by atoms with Gasteiger partial charge in [-0.05, 0) is 6.92 Å². The summed E-state index contributed by atoms with van der Waals surface area (Å²) >= 11 is 0.810. The minimum atomic E-state index is -3.87. The summed E-state index contributed by atoms with van der Waals surface area (Å²) in [5, 5.41) is 0. The second-order valence-corrected chi connectivity index (χ2v) is 6.53. The maximum Gasteiger partial charge on any atom is 0.314 e. The number of aromatic nitrogens is 2. The number of hydrogen-bond acceptors (Lipinski definition) is 6. The molecule has 6 nitrogen and oxygen atoms in total. The molecule has 1 aromatic heterocycles. The van der Waals surface area contributed by atoms with Gasteiger partial charge in [-0.1, -0.05) is 37.3 Å². The molecule has 0 radical (unpaired) electrons. The highest BCUT2D eigenvalue weighted by Crippen LogP contribution is 2.22. The van der Waals surface area contributed by atoms with E-state index in [4.69, 9.17) is 4.74 Å². The van der Waals surface area contributed by atoms with E-state index in [-0.39, 0.29) is 10.2 Å². The summed E-state index contributed by atoms with van der Waals surface area (Å²) in [5.74, 6) is 0.554. The Morgan fingerprint density at radius 2 is 2.00 bits per heavy atom. The number of ether oxygens (including phenoxy) is 1. The Balaban J connectivity index is 2.32. The summed E-state index contributed by atoms with van der Waals surface area (Å²) in [6.45, 7) is 3.92. The minimum absolute atomic E-state index is 0.132. The van der Waals surface area contributed by atoms with Crippen LogP contribution in [0, 0.1) is 0 Å². The Morgan fingerprint density at radius 3 is 2.62 bits per heavy atom. The lowest BCUT2D eigenvalue weighted by Gasteiger charge is -2.03. The van der Waals surface area contributed by atoms with Crippen molar-refractivity contribution in [2.24, 2.45) is 4.40 Å². The van der Waals surface area contributed by atoms with Gasteiger partial charge in [-0.25, -0.2) is 4.98 Å². The fraction of sp³-hybridized carbons (Fsp3) is 0.308. The fourth-order valence-electron chi connectivity index (χ4n) is 1.55. The molecule has 1 heterocycles. The average molecular weight is 325 g/mol. The Labute approximate surface area is 127 Å². The maximum absolute atomic E-state index is 12.2. The van der Waals surface area contributed by atoms with E-state index in [2.05, 4.69) is 13.8 Å². The highest BCUT2D eigenvalue weighted by Gasteiger charge is 2.21. The molecule has 8 heteroatoms. The number of hydrogen-bond donors (Lipinski definition) is 0. The van der Waals surface area contributed by atoms with E-state index in [0.29, 0.717) is 18.9 Å². The van der Waals surface area contributed by atoms with E-state index in [1.165, 1.54) is 0 Å². The van der Waals surface area contributed by atoms with E-state index in [1.807, 2.05) is 30.3 Å². The van der Waals surface area contributed by atoms with Gasteiger partial charge in [0.2, 0.25) is 0 Å². The first kappa shape index (κ1) is 15.6. The second-order valence-electron chi connectivity index (χ2n) is 4.00. The molecule has 0 saturated heterocycles. The quantitative estimate of drug-likeness (QED) is 0.623. The lowest BCUT2D eigenvalue weighted by atomic mass is 10.2. The molecule has 0 N–H and O–H groups in total. The van der Waals surface area contributed by atoms with Crippen LogP contribution in [0.2, 0.25) is 0 Å². The third-order valence-electron chi connectivity index (χ3n) is 2.50. The van der Waals surface area contributed by atoms with Crippen molar-refractivity contribution < 1.29 is 13.2 Å². The van der Waals surface area contributed by atoms with Crippen molar-refractivity contribution in [3.05, 3.63) is 30.3 Å². The zero-order valence-corrected chi connectivity index (χ0v) is 13.3. The zero-order valence-electron chi connectivity index (χ0n) is 11.7. The SMILES string of the molecule is CCO/C(CC)=N\S(=O)(=O)c1nc(-c2ccccc2)ns1. The predicted octanol–water partition coefficient (Wildman–Crippen LogP) is 2.74. The number of sulfonamides is 1. The van der Waals surface area contributed by atoms with Crippen molar-refractivity contribution in [2.75, 3.05) is 6.61 Å². The van der Waals surface area contributed by atoms with Crippen LogP contribution < -0.4 is 0 Å². The number of benzene rings is 1. The first-order valence-electron chi connectivity index (χ1n) is 6.42. The molecule has 0 amide bonds. The van der Waals surface area contributed by atoms with Gasteiger partial charge in [-0.3, -0.25) is 0 Å². The fourth-order valence-corrected chi connectivity index (χ4v) is 3.32. The highest BCUT2D eigenvalue weighted by atomic mass is 32.2. The van der Waals surface area contributed by atoms with Crippen LogP contribution in [-0.2, 0) is 14.8 Å². The lowest BCUT2D eigenvalue weighted by molar-refractivity contribution is 0.319. The molecule has 0 aliphatic rings. The summed E-state index contributed by atoms with van der Waals surface area (Å²) in [7, 11) is -3.87. The minimum Gasteiger partial charge on any atom is -0.481 e. The summed E-state index contributed by atoms with van der Waals surface area (Å²) in [4.78, 5) is 4.06. The van der Waals surface area contributed by atoms with Gasteiger partial charge in [0.05, 0.1) is 6.61 Å². The molecule has 0 saturated carbocycles. The van der Waals surface area contributed by atoms with E-state index in [9.17, 15) is 8.42 Å². The molecule has 2 aromatic rings. The van der Waals surface area contributed by atoms with E-state index < -0.39 is 10.0 Å². The molecule has 0 aliphatic carbocycles. The van der Waals surface area contributed by atoms with Gasteiger partial charge in [0.1, 0.15) is 0 Å². The van der Waals surface area contributed by atoms with E-state index in [0.717, 1.165) is 17.1 Å². The van der Waals surface area contributed by atoms with Gasteiger partial charge in [0, 0.05) is 23.5 Å². The van der Waals surface area contributed by atoms with Gasteiger partial charge in [0.25, 0.3) is 4.34 Å². The molecule has 0 fully saturated rings. The van der Waals surface area contributed by atoms with Crippen LogP contribution in [0.4, 0.5) is 0 Å². The van der Waals surface area contributed by atoms with Crippen LogP contribution in [0.5, 0.6) is 0 Å². The number of nitrogens with zero attached hydrogens (tertiary/aromatic N) is 3. The van der Waals surface area contributed by atoms with Crippen molar-refractivity contribution in [2.45, 2.75) is 24.6 Å².